The highest BCUT2D eigenvalue weighted by Crippen LogP contribution is 2.31. The van der Waals surface area contributed by atoms with Crippen molar-refractivity contribution in [3.05, 3.63) is 28.1 Å². The first-order valence-electron chi connectivity index (χ1n) is 7.74. The number of piperidine rings is 1. The van der Waals surface area contributed by atoms with Crippen molar-refractivity contribution in [2.75, 3.05) is 13.7 Å². The second-order valence-electron chi connectivity index (χ2n) is 5.82. The molecule has 1 aliphatic heterocycles. The van der Waals surface area contributed by atoms with Gasteiger partial charge in [-0.25, -0.2) is 4.68 Å². The van der Waals surface area contributed by atoms with Crippen LogP contribution in [0.15, 0.2) is 22.6 Å². The van der Waals surface area contributed by atoms with Crippen LogP contribution in [-0.4, -0.2) is 34.4 Å². The molecule has 0 amide bonds. The summed E-state index contributed by atoms with van der Waals surface area (Å²) in [4.78, 5) is 2.74. The van der Waals surface area contributed by atoms with Crippen molar-refractivity contribution in [3.8, 4) is 17.2 Å². The lowest BCUT2D eigenvalue weighted by atomic mass is 10.0. The second kappa shape index (κ2) is 7.03. The maximum absolute atomic E-state index is 6.08. The molecule has 0 unspecified atom stereocenters. The number of hydrogen-bond acceptors (Lipinski definition) is 5. The van der Waals surface area contributed by atoms with Gasteiger partial charge in [-0.1, -0.05) is 18.0 Å². The van der Waals surface area contributed by atoms with Gasteiger partial charge in [-0.2, -0.15) is 0 Å². The van der Waals surface area contributed by atoms with Crippen LogP contribution in [0.1, 0.15) is 26.2 Å². The first-order chi connectivity index (χ1) is 11.1. The minimum atomic E-state index is 0.361. The summed E-state index contributed by atoms with van der Waals surface area (Å²) in [5, 5.41) is 5.12. The van der Waals surface area contributed by atoms with E-state index >= 15 is 0 Å². The Morgan fingerprint density at radius 3 is 3.00 bits per heavy atom. The molecule has 1 saturated heterocycles. The number of rotatable bonds is 4. The van der Waals surface area contributed by atoms with Gasteiger partial charge < -0.3 is 9.15 Å². The van der Waals surface area contributed by atoms with Crippen molar-refractivity contribution >= 4 is 23.8 Å². The number of halogens is 1. The Hall–Kier alpha value is -1.37. The van der Waals surface area contributed by atoms with Crippen molar-refractivity contribution in [2.24, 2.45) is 0 Å². The molecule has 0 spiro atoms. The summed E-state index contributed by atoms with van der Waals surface area (Å²) in [7, 11) is 1.60. The Labute approximate surface area is 145 Å². The molecule has 0 aliphatic carbocycles. The first kappa shape index (κ1) is 16.5. The molecule has 0 radical (unpaired) electrons. The largest absolute Gasteiger partial charge is 0.496 e. The Morgan fingerprint density at radius 2 is 2.26 bits per heavy atom. The van der Waals surface area contributed by atoms with Crippen LogP contribution in [0.25, 0.3) is 11.5 Å². The molecule has 5 nitrogen and oxygen atoms in total. The molecular weight excluding hydrogens is 334 g/mol. The van der Waals surface area contributed by atoms with E-state index in [1.807, 2.05) is 0 Å². The minimum absolute atomic E-state index is 0.361. The lowest BCUT2D eigenvalue weighted by Crippen LogP contribution is -2.38. The molecule has 0 N–H and O–H groups in total. The van der Waals surface area contributed by atoms with E-state index in [1.54, 1.807) is 30.0 Å². The van der Waals surface area contributed by atoms with Gasteiger partial charge in [0, 0.05) is 17.6 Å². The van der Waals surface area contributed by atoms with Gasteiger partial charge in [0.15, 0.2) is 0 Å². The quantitative estimate of drug-likeness (QED) is 0.764. The maximum Gasteiger partial charge on any atom is 0.288 e. The summed E-state index contributed by atoms with van der Waals surface area (Å²) in [6.07, 6.45) is 3.71. The number of methoxy groups -OCH3 is 1. The topological polar surface area (TPSA) is 43.4 Å². The lowest BCUT2D eigenvalue weighted by Gasteiger charge is -2.32. The van der Waals surface area contributed by atoms with E-state index in [1.165, 1.54) is 19.3 Å². The number of likely N-dealkylation sites (tertiary alicyclic amines) is 1. The molecule has 1 aliphatic rings. The fourth-order valence-electron chi connectivity index (χ4n) is 2.89. The summed E-state index contributed by atoms with van der Waals surface area (Å²) < 4.78 is 12.8. The zero-order valence-corrected chi connectivity index (χ0v) is 14.9. The van der Waals surface area contributed by atoms with Crippen molar-refractivity contribution < 1.29 is 9.15 Å². The van der Waals surface area contributed by atoms with Gasteiger partial charge in [-0.15, -0.1) is 5.10 Å². The van der Waals surface area contributed by atoms with Crippen molar-refractivity contribution in [3.63, 3.8) is 0 Å². The molecule has 0 bridgehead atoms. The molecule has 3 rings (SSSR count). The zero-order chi connectivity index (χ0) is 16.4. The minimum Gasteiger partial charge on any atom is -0.496 e. The molecule has 7 heteroatoms. The highest BCUT2D eigenvalue weighted by Gasteiger charge is 2.20. The van der Waals surface area contributed by atoms with Crippen LogP contribution in [0.4, 0.5) is 0 Å². The fraction of sp³-hybridized carbons (Fsp3) is 0.500. The maximum atomic E-state index is 6.08. The SMILES string of the molecule is COc1ccc(Cl)cc1-c1nn(CN2CCCC[C@@H]2C)c(=S)o1. The van der Waals surface area contributed by atoms with Crippen LogP contribution >= 0.6 is 23.8 Å². The van der Waals surface area contributed by atoms with Crippen LogP contribution in [-0.2, 0) is 6.67 Å². The number of nitrogens with zero attached hydrogens (tertiary/aromatic N) is 3. The van der Waals surface area contributed by atoms with Crippen LogP contribution in [0.5, 0.6) is 5.75 Å². The van der Waals surface area contributed by atoms with Gasteiger partial charge in [0.1, 0.15) is 5.75 Å². The van der Waals surface area contributed by atoms with Crippen molar-refractivity contribution in [2.45, 2.75) is 38.9 Å². The van der Waals surface area contributed by atoms with E-state index in [2.05, 4.69) is 16.9 Å². The average Bonchev–Trinajstić information content (AvgIpc) is 2.90. The highest BCUT2D eigenvalue weighted by molar-refractivity contribution is 7.71. The van der Waals surface area contributed by atoms with Gasteiger partial charge in [0.05, 0.1) is 19.3 Å². The molecule has 1 aromatic heterocycles. The van der Waals surface area contributed by atoms with Gasteiger partial charge in [-0.3, -0.25) is 4.90 Å². The highest BCUT2D eigenvalue weighted by atomic mass is 35.5. The van der Waals surface area contributed by atoms with Crippen LogP contribution in [0, 0.1) is 4.84 Å². The Balaban J connectivity index is 1.89. The Kier molecular flexibility index (Phi) is 5.04. The molecule has 23 heavy (non-hydrogen) atoms. The molecule has 124 valence electrons. The lowest BCUT2D eigenvalue weighted by molar-refractivity contribution is 0.113. The van der Waals surface area contributed by atoms with E-state index in [4.69, 9.17) is 33.0 Å². The van der Waals surface area contributed by atoms with E-state index in [-0.39, 0.29) is 0 Å². The molecule has 1 fully saturated rings. The zero-order valence-electron chi connectivity index (χ0n) is 13.3. The third-order valence-electron chi connectivity index (χ3n) is 4.25. The molecule has 1 aromatic carbocycles. The van der Waals surface area contributed by atoms with E-state index in [0.717, 1.165) is 6.54 Å². The van der Waals surface area contributed by atoms with E-state index < -0.39 is 0 Å². The molecular formula is C16H20ClN3O2S. The third-order valence-corrected chi connectivity index (χ3v) is 4.78. The van der Waals surface area contributed by atoms with Crippen molar-refractivity contribution in [1.29, 1.82) is 0 Å². The van der Waals surface area contributed by atoms with Crippen LogP contribution in [0.2, 0.25) is 5.02 Å². The summed E-state index contributed by atoms with van der Waals surface area (Å²) in [5.41, 5.74) is 0.705. The van der Waals surface area contributed by atoms with Gasteiger partial charge >= 0.3 is 0 Å². The smallest absolute Gasteiger partial charge is 0.288 e. The normalized spacial score (nSPS) is 19.0. The van der Waals surface area contributed by atoms with Gasteiger partial charge in [0.2, 0.25) is 0 Å². The van der Waals surface area contributed by atoms with E-state index in [0.29, 0.717) is 39.8 Å². The van der Waals surface area contributed by atoms with Crippen LogP contribution < -0.4 is 4.74 Å². The Bertz CT molecular complexity index is 743. The average molecular weight is 354 g/mol. The molecule has 1 atom stereocenters. The monoisotopic (exact) mass is 353 g/mol. The summed E-state index contributed by atoms with van der Waals surface area (Å²) in [6, 6.07) is 5.87. The number of hydrogen-bond donors (Lipinski definition) is 0. The number of benzene rings is 1. The van der Waals surface area contributed by atoms with Crippen LogP contribution in [0.3, 0.4) is 0 Å². The second-order valence-corrected chi connectivity index (χ2v) is 6.60. The summed E-state index contributed by atoms with van der Waals surface area (Å²) >= 11 is 11.4. The fourth-order valence-corrected chi connectivity index (χ4v) is 3.24. The number of ether oxygens (including phenoxy) is 1. The van der Waals surface area contributed by atoms with E-state index in [9.17, 15) is 0 Å². The first-order valence-corrected chi connectivity index (χ1v) is 8.53. The summed E-state index contributed by atoms with van der Waals surface area (Å²) in [6.45, 7) is 3.95. The summed E-state index contributed by atoms with van der Waals surface area (Å²) in [5.74, 6) is 1.09. The molecule has 2 aromatic rings. The van der Waals surface area contributed by atoms with Gasteiger partial charge in [-0.05, 0) is 50.2 Å². The van der Waals surface area contributed by atoms with Crippen molar-refractivity contribution in [1.82, 2.24) is 14.7 Å². The predicted molar refractivity (Wildman–Crippen MR) is 92.3 cm³/mol. The molecule has 2 heterocycles. The number of aromatic nitrogens is 2. The van der Waals surface area contributed by atoms with Gasteiger partial charge in [0.25, 0.3) is 10.7 Å². The third kappa shape index (κ3) is 3.59. The molecule has 0 saturated carbocycles. The predicted octanol–water partition coefficient (Wildman–Crippen LogP) is 4.37. The standard InChI is InChI=1S/C16H20ClN3O2S/c1-11-5-3-4-8-19(11)10-20-16(23)22-15(18-20)13-9-12(17)6-7-14(13)21-2/h6-7,9,11H,3-5,8,10H2,1-2H3/t11-/m0/s1. The Morgan fingerprint density at radius 1 is 1.43 bits per heavy atom.